The Balaban J connectivity index is 2.49. The number of likely N-dealkylation sites (N-methyl/N-ethyl adjacent to an activating group) is 1. The highest BCUT2D eigenvalue weighted by molar-refractivity contribution is 5.22. The van der Waals surface area contributed by atoms with Crippen molar-refractivity contribution in [3.63, 3.8) is 0 Å². The van der Waals surface area contributed by atoms with Gasteiger partial charge in [0, 0.05) is 6.54 Å². The summed E-state index contributed by atoms with van der Waals surface area (Å²) >= 11 is 0. The van der Waals surface area contributed by atoms with E-state index in [9.17, 15) is 0 Å². The Labute approximate surface area is 125 Å². The van der Waals surface area contributed by atoms with Crippen LogP contribution in [-0.4, -0.2) is 31.6 Å². The van der Waals surface area contributed by atoms with Gasteiger partial charge in [-0.05, 0) is 57.1 Å². The van der Waals surface area contributed by atoms with E-state index in [4.69, 9.17) is 0 Å². The highest BCUT2D eigenvalue weighted by atomic mass is 15.1. The van der Waals surface area contributed by atoms with E-state index in [0.29, 0.717) is 0 Å². The third-order valence-electron chi connectivity index (χ3n) is 3.75. The van der Waals surface area contributed by atoms with E-state index in [2.05, 4.69) is 48.3 Å². The van der Waals surface area contributed by atoms with Crippen LogP contribution in [0.5, 0.6) is 0 Å². The van der Waals surface area contributed by atoms with Gasteiger partial charge in [0.2, 0.25) is 0 Å². The summed E-state index contributed by atoms with van der Waals surface area (Å²) in [5.41, 5.74) is 2.88. The minimum atomic E-state index is 1.05. The van der Waals surface area contributed by atoms with Crippen LogP contribution in [0.1, 0.15) is 50.7 Å². The van der Waals surface area contributed by atoms with E-state index in [-0.39, 0.29) is 0 Å². The van der Waals surface area contributed by atoms with Crippen LogP contribution in [0.4, 0.5) is 0 Å². The maximum atomic E-state index is 3.20. The van der Waals surface area contributed by atoms with Crippen molar-refractivity contribution < 1.29 is 0 Å². The number of hydrogen-bond acceptors (Lipinski definition) is 2. The normalized spacial score (nSPS) is 11.2. The van der Waals surface area contributed by atoms with Crippen molar-refractivity contribution in [2.45, 2.75) is 52.5 Å². The maximum absolute atomic E-state index is 3.20. The van der Waals surface area contributed by atoms with Crippen LogP contribution >= 0.6 is 0 Å². The molecule has 0 atom stereocenters. The zero-order valence-electron chi connectivity index (χ0n) is 13.6. The molecule has 0 heterocycles. The molecule has 1 N–H and O–H groups in total. The lowest BCUT2D eigenvalue weighted by Gasteiger charge is -2.22. The predicted molar refractivity (Wildman–Crippen MR) is 89.2 cm³/mol. The van der Waals surface area contributed by atoms with Crippen molar-refractivity contribution in [3.05, 3.63) is 35.4 Å². The molecule has 0 saturated heterocycles. The molecule has 114 valence electrons. The average molecular weight is 276 g/mol. The highest BCUT2D eigenvalue weighted by Gasteiger charge is 2.05. The Kier molecular flexibility index (Phi) is 9.35. The Morgan fingerprint density at radius 3 is 1.95 bits per heavy atom. The molecular formula is C18H32N2. The molecule has 2 nitrogen and oxygen atoms in total. The first-order valence-electron chi connectivity index (χ1n) is 8.24. The lowest BCUT2D eigenvalue weighted by atomic mass is 10.1. The Bertz CT molecular complexity index is 324. The quantitative estimate of drug-likeness (QED) is 0.660. The van der Waals surface area contributed by atoms with E-state index in [0.717, 1.165) is 19.5 Å². The van der Waals surface area contributed by atoms with Crippen LogP contribution in [0.2, 0.25) is 0 Å². The lowest BCUT2D eigenvalue weighted by Crippen LogP contribution is -2.25. The summed E-state index contributed by atoms with van der Waals surface area (Å²) in [6, 6.07) is 9.17. The summed E-state index contributed by atoms with van der Waals surface area (Å²) in [5, 5.41) is 3.20. The number of unbranched alkanes of at least 4 members (excludes halogenated alkanes) is 2. The first-order valence-corrected chi connectivity index (χ1v) is 8.24. The molecule has 0 bridgehead atoms. The zero-order valence-corrected chi connectivity index (χ0v) is 13.6. The molecule has 2 heteroatoms. The van der Waals surface area contributed by atoms with E-state index in [1.165, 1.54) is 49.9 Å². The van der Waals surface area contributed by atoms with Crippen LogP contribution in [0.25, 0.3) is 0 Å². The summed E-state index contributed by atoms with van der Waals surface area (Å²) < 4.78 is 0. The fourth-order valence-electron chi connectivity index (χ4n) is 2.37. The number of nitrogens with one attached hydrogen (secondary N) is 1. The molecule has 0 aliphatic rings. The summed E-state index contributed by atoms with van der Waals surface area (Å²) in [6.07, 6.45) is 6.30. The molecule has 0 saturated carbocycles. The van der Waals surface area contributed by atoms with Crippen LogP contribution in [0.3, 0.4) is 0 Å². The third kappa shape index (κ3) is 7.06. The summed E-state index contributed by atoms with van der Waals surface area (Å²) in [7, 11) is 2.01. The Morgan fingerprint density at radius 1 is 0.900 bits per heavy atom. The summed E-state index contributed by atoms with van der Waals surface area (Å²) in [4.78, 5) is 2.61. The van der Waals surface area contributed by atoms with Gasteiger partial charge in [-0.25, -0.2) is 0 Å². The molecule has 0 unspecified atom stereocenters. The van der Waals surface area contributed by atoms with Gasteiger partial charge in [0.1, 0.15) is 0 Å². The fraction of sp³-hybridized carbons (Fsp3) is 0.667. The number of hydrogen-bond donors (Lipinski definition) is 1. The third-order valence-corrected chi connectivity index (χ3v) is 3.75. The topological polar surface area (TPSA) is 15.3 Å². The minimum absolute atomic E-state index is 1.05. The number of nitrogens with zero attached hydrogens (tertiary/aromatic N) is 1. The van der Waals surface area contributed by atoms with E-state index < -0.39 is 0 Å². The minimum Gasteiger partial charge on any atom is -0.319 e. The Morgan fingerprint density at radius 2 is 1.45 bits per heavy atom. The molecule has 0 spiro atoms. The molecule has 1 aromatic rings. The van der Waals surface area contributed by atoms with Crippen molar-refractivity contribution in [3.8, 4) is 0 Å². The van der Waals surface area contributed by atoms with Crippen molar-refractivity contribution in [1.82, 2.24) is 10.2 Å². The predicted octanol–water partition coefficient (Wildman–Crippen LogP) is 3.85. The maximum Gasteiger partial charge on any atom is 0.0233 e. The van der Waals surface area contributed by atoms with Crippen molar-refractivity contribution >= 4 is 0 Å². The molecule has 1 rings (SSSR count). The number of benzene rings is 1. The molecule has 1 aromatic carbocycles. The van der Waals surface area contributed by atoms with Crippen LogP contribution in [-0.2, 0) is 13.0 Å². The summed E-state index contributed by atoms with van der Waals surface area (Å²) in [6.45, 7) is 9.17. The zero-order chi connectivity index (χ0) is 14.6. The van der Waals surface area contributed by atoms with E-state index in [1.807, 2.05) is 7.05 Å². The molecule has 0 amide bonds. The molecule has 20 heavy (non-hydrogen) atoms. The van der Waals surface area contributed by atoms with Gasteiger partial charge in [-0.2, -0.15) is 0 Å². The molecule has 0 aromatic heterocycles. The largest absolute Gasteiger partial charge is 0.319 e. The Hall–Kier alpha value is -0.860. The monoisotopic (exact) mass is 276 g/mol. The molecular weight excluding hydrogens is 244 g/mol. The standard InChI is InChI=1S/C18H32N2/c1-4-6-14-20(15-7-5-2)16-18-10-8-17(9-11-18)12-13-19-3/h8-11,19H,4-7,12-16H2,1-3H3. The lowest BCUT2D eigenvalue weighted by molar-refractivity contribution is 0.257. The van der Waals surface area contributed by atoms with Gasteiger partial charge < -0.3 is 5.32 Å². The second kappa shape index (κ2) is 10.9. The summed E-state index contributed by atoms with van der Waals surface area (Å²) in [5.74, 6) is 0. The molecule has 0 radical (unpaired) electrons. The van der Waals surface area contributed by atoms with Gasteiger partial charge in [-0.3, -0.25) is 4.90 Å². The van der Waals surface area contributed by atoms with Crippen LogP contribution < -0.4 is 5.32 Å². The highest BCUT2D eigenvalue weighted by Crippen LogP contribution is 2.10. The van der Waals surface area contributed by atoms with Crippen molar-refractivity contribution in [2.24, 2.45) is 0 Å². The van der Waals surface area contributed by atoms with Gasteiger partial charge in [0.25, 0.3) is 0 Å². The smallest absolute Gasteiger partial charge is 0.0233 e. The van der Waals surface area contributed by atoms with Gasteiger partial charge in [-0.15, -0.1) is 0 Å². The molecule has 0 aliphatic heterocycles. The second-order valence-electron chi connectivity index (χ2n) is 5.65. The van der Waals surface area contributed by atoms with Gasteiger partial charge in [-0.1, -0.05) is 51.0 Å². The second-order valence-corrected chi connectivity index (χ2v) is 5.65. The molecule has 0 aliphatic carbocycles. The van der Waals surface area contributed by atoms with Crippen LogP contribution in [0, 0.1) is 0 Å². The molecule has 0 fully saturated rings. The first-order chi connectivity index (χ1) is 9.80. The first kappa shape index (κ1) is 17.2. The van der Waals surface area contributed by atoms with Gasteiger partial charge >= 0.3 is 0 Å². The number of rotatable bonds is 11. The van der Waals surface area contributed by atoms with Gasteiger partial charge in [0.15, 0.2) is 0 Å². The van der Waals surface area contributed by atoms with Crippen LogP contribution in [0.15, 0.2) is 24.3 Å². The van der Waals surface area contributed by atoms with Crippen molar-refractivity contribution in [2.75, 3.05) is 26.7 Å². The van der Waals surface area contributed by atoms with Gasteiger partial charge in [0.05, 0.1) is 0 Å². The van der Waals surface area contributed by atoms with E-state index in [1.54, 1.807) is 0 Å². The SMILES string of the molecule is CCCCN(CCCC)Cc1ccc(CCNC)cc1. The van der Waals surface area contributed by atoms with Crippen molar-refractivity contribution in [1.29, 1.82) is 0 Å². The van der Waals surface area contributed by atoms with E-state index >= 15 is 0 Å². The average Bonchev–Trinajstić information content (AvgIpc) is 2.49. The fourth-order valence-corrected chi connectivity index (χ4v) is 2.37.